The van der Waals surface area contributed by atoms with Gasteiger partial charge in [-0.25, -0.2) is 0 Å². The fourth-order valence-electron chi connectivity index (χ4n) is 2.99. The van der Waals surface area contributed by atoms with E-state index in [-0.39, 0.29) is 17.4 Å². The van der Waals surface area contributed by atoms with E-state index in [1.165, 1.54) is 0 Å². The van der Waals surface area contributed by atoms with Crippen molar-refractivity contribution in [1.82, 2.24) is 4.90 Å². The van der Waals surface area contributed by atoms with Gasteiger partial charge in [0.2, 0.25) is 0 Å². The van der Waals surface area contributed by atoms with Crippen LogP contribution in [0.3, 0.4) is 0 Å². The molecule has 3 rings (SSSR count). The lowest BCUT2D eigenvalue weighted by atomic mass is 9.61. The maximum absolute atomic E-state index is 12.1. The first kappa shape index (κ1) is 11.2. The van der Waals surface area contributed by atoms with Gasteiger partial charge in [-0.2, -0.15) is 11.3 Å². The molecule has 1 spiro atoms. The van der Waals surface area contributed by atoms with Gasteiger partial charge >= 0.3 is 0 Å². The van der Waals surface area contributed by atoms with Crippen LogP contribution in [0.1, 0.15) is 36.0 Å². The average molecular weight is 251 g/mol. The number of hydrogen-bond donors (Lipinski definition) is 1. The molecule has 1 aliphatic heterocycles. The van der Waals surface area contributed by atoms with Crippen LogP contribution in [-0.4, -0.2) is 35.1 Å². The zero-order valence-corrected chi connectivity index (χ0v) is 10.6. The summed E-state index contributed by atoms with van der Waals surface area (Å²) in [5, 5.41) is 13.7. The van der Waals surface area contributed by atoms with Crippen molar-refractivity contribution in [3.8, 4) is 0 Å². The minimum absolute atomic E-state index is 0.124. The van der Waals surface area contributed by atoms with Crippen LogP contribution in [0.15, 0.2) is 16.8 Å². The molecule has 0 radical (unpaired) electrons. The van der Waals surface area contributed by atoms with Gasteiger partial charge in [-0.3, -0.25) is 4.79 Å². The number of piperidine rings is 1. The Bertz CT molecular complexity index is 407. The molecule has 1 unspecified atom stereocenters. The molecule has 17 heavy (non-hydrogen) atoms. The highest BCUT2D eigenvalue weighted by molar-refractivity contribution is 7.08. The number of aliphatic hydroxyl groups is 1. The number of nitrogens with zero attached hydrogens (tertiary/aromatic N) is 1. The molecule has 1 saturated carbocycles. The van der Waals surface area contributed by atoms with E-state index in [1.807, 2.05) is 21.7 Å². The van der Waals surface area contributed by atoms with Crippen LogP contribution in [0.25, 0.3) is 0 Å². The van der Waals surface area contributed by atoms with Crippen LogP contribution in [0.5, 0.6) is 0 Å². The predicted octanol–water partition coefficient (Wildman–Crippen LogP) is 2.13. The molecule has 1 aromatic rings. The van der Waals surface area contributed by atoms with Crippen LogP contribution in [0.2, 0.25) is 0 Å². The van der Waals surface area contributed by atoms with E-state index in [2.05, 4.69) is 0 Å². The second-order valence-corrected chi connectivity index (χ2v) is 6.00. The zero-order chi connectivity index (χ0) is 11.9. The quantitative estimate of drug-likeness (QED) is 0.830. The Morgan fingerprint density at radius 3 is 2.65 bits per heavy atom. The molecule has 1 aromatic heterocycles. The number of carbonyl (C=O) groups is 1. The van der Waals surface area contributed by atoms with Gasteiger partial charge in [-0.15, -0.1) is 0 Å². The van der Waals surface area contributed by atoms with Crippen molar-refractivity contribution >= 4 is 17.2 Å². The van der Waals surface area contributed by atoms with Gasteiger partial charge in [-0.1, -0.05) is 0 Å². The largest absolute Gasteiger partial charge is 0.393 e. The lowest BCUT2D eigenvalue weighted by Gasteiger charge is -2.51. The van der Waals surface area contributed by atoms with Crippen molar-refractivity contribution in [2.24, 2.45) is 5.41 Å². The Morgan fingerprint density at radius 1 is 1.41 bits per heavy atom. The molecule has 92 valence electrons. The molecule has 1 amide bonds. The topological polar surface area (TPSA) is 40.5 Å². The summed E-state index contributed by atoms with van der Waals surface area (Å²) in [7, 11) is 0. The summed E-state index contributed by atoms with van der Waals surface area (Å²) in [6.07, 6.45) is 3.88. The van der Waals surface area contributed by atoms with E-state index in [1.54, 1.807) is 11.3 Å². The Hall–Kier alpha value is -0.870. The second-order valence-electron chi connectivity index (χ2n) is 5.22. The summed E-state index contributed by atoms with van der Waals surface area (Å²) in [4.78, 5) is 14.1. The van der Waals surface area contributed by atoms with E-state index in [9.17, 15) is 9.90 Å². The van der Waals surface area contributed by atoms with Crippen molar-refractivity contribution in [3.05, 3.63) is 22.4 Å². The molecule has 2 fully saturated rings. The summed E-state index contributed by atoms with van der Waals surface area (Å²) >= 11 is 1.56. The molecule has 0 aromatic carbocycles. The monoisotopic (exact) mass is 251 g/mol. The van der Waals surface area contributed by atoms with Crippen molar-refractivity contribution in [2.45, 2.75) is 31.8 Å². The minimum atomic E-state index is -0.124. The summed E-state index contributed by atoms with van der Waals surface area (Å²) in [5.74, 6) is 0.148. The number of thiophene rings is 1. The van der Waals surface area contributed by atoms with Crippen LogP contribution in [0.4, 0.5) is 0 Å². The normalized spacial score (nSPS) is 26.9. The number of rotatable bonds is 1. The third kappa shape index (κ3) is 1.79. The third-order valence-electron chi connectivity index (χ3n) is 4.44. The molecule has 2 heterocycles. The van der Waals surface area contributed by atoms with Crippen LogP contribution >= 0.6 is 11.3 Å². The van der Waals surface area contributed by atoms with Gasteiger partial charge in [0.25, 0.3) is 5.91 Å². The molecule has 4 heteroatoms. The van der Waals surface area contributed by atoms with E-state index < -0.39 is 0 Å². The van der Waals surface area contributed by atoms with E-state index in [0.29, 0.717) is 0 Å². The van der Waals surface area contributed by atoms with Crippen molar-refractivity contribution in [3.63, 3.8) is 0 Å². The smallest absolute Gasteiger partial charge is 0.254 e. The second kappa shape index (κ2) is 4.10. The number of hydrogen-bond acceptors (Lipinski definition) is 3. The molecule has 1 aliphatic carbocycles. The molecular formula is C13H17NO2S. The first-order valence-electron chi connectivity index (χ1n) is 6.21. The number of carbonyl (C=O) groups excluding carboxylic acids is 1. The van der Waals surface area contributed by atoms with E-state index in [4.69, 9.17) is 0 Å². The summed E-state index contributed by atoms with van der Waals surface area (Å²) in [5.41, 5.74) is 0.950. The van der Waals surface area contributed by atoms with Crippen LogP contribution < -0.4 is 0 Å². The number of aliphatic hydroxyl groups excluding tert-OH is 1. The fourth-order valence-corrected chi connectivity index (χ4v) is 3.62. The predicted molar refractivity (Wildman–Crippen MR) is 67.1 cm³/mol. The summed E-state index contributed by atoms with van der Waals surface area (Å²) in [6.45, 7) is 1.59. The highest BCUT2D eigenvalue weighted by Crippen LogP contribution is 2.49. The van der Waals surface area contributed by atoms with Crippen molar-refractivity contribution in [1.29, 1.82) is 0 Å². The Kier molecular flexibility index (Phi) is 2.71. The Morgan fingerprint density at radius 2 is 2.18 bits per heavy atom. The first-order valence-corrected chi connectivity index (χ1v) is 7.15. The van der Waals surface area contributed by atoms with E-state index in [0.717, 1.165) is 44.3 Å². The third-order valence-corrected chi connectivity index (χ3v) is 5.12. The molecule has 1 saturated heterocycles. The molecule has 0 bridgehead atoms. The van der Waals surface area contributed by atoms with Gasteiger partial charge in [0.15, 0.2) is 0 Å². The molecule has 1 N–H and O–H groups in total. The van der Waals surface area contributed by atoms with Crippen molar-refractivity contribution < 1.29 is 9.90 Å². The highest BCUT2D eigenvalue weighted by atomic mass is 32.1. The Balaban J connectivity index is 1.64. The van der Waals surface area contributed by atoms with Gasteiger partial charge < -0.3 is 10.0 Å². The standard InChI is InChI=1S/C13H17NO2S/c15-11-1-3-13(11)4-6-14(7-5-13)12(16)10-2-8-17-9-10/h2,8-9,11,15H,1,3-7H2. The van der Waals surface area contributed by atoms with Gasteiger partial charge in [0, 0.05) is 18.5 Å². The van der Waals surface area contributed by atoms with Gasteiger partial charge in [0.1, 0.15) is 0 Å². The summed E-state index contributed by atoms with van der Waals surface area (Å²) < 4.78 is 0. The minimum Gasteiger partial charge on any atom is -0.393 e. The van der Waals surface area contributed by atoms with Crippen LogP contribution in [-0.2, 0) is 0 Å². The lowest BCUT2D eigenvalue weighted by molar-refractivity contribution is -0.0952. The Labute approximate surface area is 105 Å². The SMILES string of the molecule is O=C(c1ccsc1)N1CCC2(CCC2O)CC1. The molecular weight excluding hydrogens is 234 g/mol. The molecule has 2 aliphatic rings. The average Bonchev–Trinajstić information content (AvgIpc) is 2.90. The van der Waals surface area contributed by atoms with Crippen molar-refractivity contribution in [2.75, 3.05) is 13.1 Å². The maximum atomic E-state index is 12.1. The van der Waals surface area contributed by atoms with Gasteiger partial charge in [0.05, 0.1) is 11.7 Å². The fraction of sp³-hybridized carbons (Fsp3) is 0.615. The summed E-state index contributed by atoms with van der Waals surface area (Å²) in [6, 6.07) is 1.88. The zero-order valence-electron chi connectivity index (χ0n) is 9.76. The number of amides is 1. The number of likely N-dealkylation sites (tertiary alicyclic amines) is 1. The van der Waals surface area contributed by atoms with E-state index >= 15 is 0 Å². The highest BCUT2D eigenvalue weighted by Gasteiger charge is 2.47. The first-order chi connectivity index (χ1) is 8.21. The molecule has 1 atom stereocenters. The molecule has 3 nitrogen and oxygen atoms in total. The van der Waals surface area contributed by atoms with Gasteiger partial charge in [-0.05, 0) is 42.5 Å². The lowest BCUT2D eigenvalue weighted by Crippen LogP contribution is -2.53. The van der Waals surface area contributed by atoms with Crippen LogP contribution in [0, 0.1) is 5.41 Å². The maximum Gasteiger partial charge on any atom is 0.254 e.